The van der Waals surface area contributed by atoms with Crippen LogP contribution in [0.15, 0.2) is 65.6 Å². The maximum Gasteiger partial charge on any atom is 0.241 e. The first-order valence-corrected chi connectivity index (χ1v) is 8.77. The van der Waals surface area contributed by atoms with Crippen LogP contribution in [0.4, 0.5) is 19.1 Å². The fraction of sp³-hybridized carbons (Fsp3) is 0.0476. The predicted molar refractivity (Wildman–Crippen MR) is 102 cm³/mol. The zero-order valence-corrected chi connectivity index (χ0v) is 15.3. The Kier molecular flexibility index (Phi) is 5.25. The van der Waals surface area contributed by atoms with Crippen LogP contribution in [0, 0.1) is 17.5 Å². The predicted octanol–water partition coefficient (Wildman–Crippen LogP) is 4.40. The third-order valence-corrected chi connectivity index (χ3v) is 4.30. The minimum absolute atomic E-state index is 0.0604. The van der Waals surface area contributed by atoms with Crippen LogP contribution >= 0.6 is 0 Å². The Morgan fingerprint density at radius 1 is 1.00 bits per heavy atom. The first-order chi connectivity index (χ1) is 14.5. The summed E-state index contributed by atoms with van der Waals surface area (Å²) >= 11 is 0. The van der Waals surface area contributed by atoms with Crippen molar-refractivity contribution in [1.82, 2.24) is 15.1 Å². The summed E-state index contributed by atoms with van der Waals surface area (Å²) in [4.78, 5) is 20.4. The molecular formula is C21H13F3N4O2. The van der Waals surface area contributed by atoms with Crippen molar-refractivity contribution in [2.24, 2.45) is 0 Å². The molecule has 0 saturated carbocycles. The number of hydrogen-bond donors (Lipinski definition) is 1. The highest BCUT2D eigenvalue weighted by molar-refractivity contribution is 5.97. The van der Waals surface area contributed by atoms with Crippen molar-refractivity contribution in [3.05, 3.63) is 84.1 Å². The largest absolute Gasteiger partial charge is 0.337 e. The molecule has 30 heavy (non-hydrogen) atoms. The number of anilines is 1. The summed E-state index contributed by atoms with van der Waals surface area (Å²) in [6.45, 7) is 0. The number of carbonyl (C=O) groups excluding carboxylic acids is 1. The first-order valence-electron chi connectivity index (χ1n) is 8.77. The fourth-order valence-electron chi connectivity index (χ4n) is 2.89. The summed E-state index contributed by atoms with van der Waals surface area (Å²) in [5.41, 5.74) is 1.18. The van der Waals surface area contributed by atoms with E-state index in [4.69, 9.17) is 4.52 Å². The zero-order chi connectivity index (χ0) is 21.1. The van der Waals surface area contributed by atoms with Gasteiger partial charge in [-0.15, -0.1) is 0 Å². The molecule has 0 aliphatic carbocycles. The molecule has 6 nitrogen and oxygen atoms in total. The third-order valence-electron chi connectivity index (χ3n) is 4.30. The van der Waals surface area contributed by atoms with Crippen LogP contribution in [0.1, 0.15) is 5.56 Å². The van der Waals surface area contributed by atoms with Crippen molar-refractivity contribution in [3.8, 4) is 22.5 Å². The lowest BCUT2D eigenvalue weighted by atomic mass is 10.0. The molecular weight excluding hydrogens is 397 g/mol. The number of nitrogens with one attached hydrogen (secondary N) is 1. The maximum atomic E-state index is 13.8. The van der Waals surface area contributed by atoms with Crippen molar-refractivity contribution in [2.75, 3.05) is 5.32 Å². The van der Waals surface area contributed by atoms with Gasteiger partial charge >= 0.3 is 0 Å². The summed E-state index contributed by atoms with van der Waals surface area (Å²) in [5, 5.41) is 6.44. The van der Waals surface area contributed by atoms with Crippen molar-refractivity contribution in [1.29, 1.82) is 0 Å². The van der Waals surface area contributed by atoms with Gasteiger partial charge in [0.2, 0.25) is 11.8 Å². The number of rotatable bonds is 5. The number of hydrogen-bond acceptors (Lipinski definition) is 5. The molecule has 0 spiro atoms. The Hall–Kier alpha value is -4.01. The Balaban J connectivity index is 1.70. The van der Waals surface area contributed by atoms with E-state index < -0.39 is 29.8 Å². The van der Waals surface area contributed by atoms with Crippen molar-refractivity contribution in [3.63, 3.8) is 0 Å². The molecule has 4 rings (SSSR count). The van der Waals surface area contributed by atoms with Gasteiger partial charge in [-0.2, -0.15) is 0 Å². The standard InChI is InChI=1S/C21H13F3N4O2/c22-13-6-4-12(5-7-13)20-19(17-8-9-25-11-26-17)21(30-28-20)27-18(29)10-14-15(23)2-1-3-16(14)24/h1-9,11H,10H2,(H,27,29). The van der Waals surface area contributed by atoms with E-state index in [0.717, 1.165) is 12.1 Å². The molecule has 0 bridgehead atoms. The van der Waals surface area contributed by atoms with Crippen molar-refractivity contribution in [2.45, 2.75) is 6.42 Å². The SMILES string of the molecule is O=C(Cc1c(F)cccc1F)Nc1onc(-c2ccc(F)cc2)c1-c1ccncn1. The van der Waals surface area contributed by atoms with Crippen LogP contribution in [-0.4, -0.2) is 21.0 Å². The molecule has 0 atom stereocenters. The van der Waals surface area contributed by atoms with Gasteiger partial charge in [-0.05, 0) is 42.5 Å². The molecule has 150 valence electrons. The number of nitrogens with zero attached hydrogens (tertiary/aromatic N) is 3. The van der Waals surface area contributed by atoms with E-state index >= 15 is 0 Å². The maximum absolute atomic E-state index is 13.8. The molecule has 0 aliphatic heterocycles. The quantitative estimate of drug-likeness (QED) is 0.528. The minimum atomic E-state index is -0.828. The molecule has 2 aromatic heterocycles. The molecule has 2 heterocycles. The smallest absolute Gasteiger partial charge is 0.241 e. The summed E-state index contributed by atoms with van der Waals surface area (Å²) in [7, 11) is 0. The zero-order valence-electron chi connectivity index (χ0n) is 15.3. The van der Waals surface area contributed by atoms with Gasteiger partial charge < -0.3 is 4.52 Å². The Labute approximate surface area is 168 Å². The highest BCUT2D eigenvalue weighted by atomic mass is 19.1. The topological polar surface area (TPSA) is 80.9 Å². The van der Waals surface area contributed by atoms with Gasteiger partial charge in [0.15, 0.2) is 0 Å². The molecule has 0 aliphatic rings. The first kappa shape index (κ1) is 19.3. The summed E-state index contributed by atoms with van der Waals surface area (Å²) in [6, 6.07) is 10.4. The Morgan fingerprint density at radius 3 is 2.40 bits per heavy atom. The number of amides is 1. The molecule has 4 aromatic rings. The average Bonchev–Trinajstić information content (AvgIpc) is 3.15. The van der Waals surface area contributed by atoms with Crippen LogP contribution in [0.5, 0.6) is 0 Å². The lowest BCUT2D eigenvalue weighted by Gasteiger charge is -2.07. The van der Waals surface area contributed by atoms with E-state index in [1.165, 1.54) is 42.9 Å². The lowest BCUT2D eigenvalue weighted by molar-refractivity contribution is -0.115. The average molecular weight is 410 g/mol. The number of halogens is 3. The molecule has 0 fully saturated rings. The van der Waals surface area contributed by atoms with E-state index in [1.54, 1.807) is 6.07 Å². The van der Waals surface area contributed by atoms with Gasteiger partial charge in [-0.3, -0.25) is 10.1 Å². The third kappa shape index (κ3) is 3.90. The molecule has 1 amide bonds. The van der Waals surface area contributed by atoms with Crippen molar-refractivity contribution >= 4 is 11.8 Å². The van der Waals surface area contributed by atoms with Crippen molar-refractivity contribution < 1.29 is 22.5 Å². The normalized spacial score (nSPS) is 10.8. The fourth-order valence-corrected chi connectivity index (χ4v) is 2.89. The highest BCUT2D eigenvalue weighted by Crippen LogP contribution is 2.36. The summed E-state index contributed by atoms with van der Waals surface area (Å²) < 4.78 is 46.3. The molecule has 0 radical (unpaired) electrons. The van der Waals surface area contributed by atoms with Crippen LogP contribution in [0.25, 0.3) is 22.5 Å². The molecule has 0 saturated heterocycles. The Morgan fingerprint density at radius 2 is 1.73 bits per heavy atom. The van der Waals surface area contributed by atoms with Gasteiger partial charge in [0, 0.05) is 17.3 Å². The van der Waals surface area contributed by atoms with Gasteiger partial charge in [0.1, 0.15) is 29.5 Å². The minimum Gasteiger partial charge on any atom is -0.337 e. The van der Waals surface area contributed by atoms with Gasteiger partial charge in [0.05, 0.1) is 17.7 Å². The van der Waals surface area contributed by atoms with E-state index in [9.17, 15) is 18.0 Å². The number of benzene rings is 2. The second kappa shape index (κ2) is 8.16. The van der Waals surface area contributed by atoms with E-state index in [1.807, 2.05) is 0 Å². The van der Waals surface area contributed by atoms with Gasteiger partial charge in [0.25, 0.3) is 0 Å². The van der Waals surface area contributed by atoms with Crippen LogP contribution in [0.2, 0.25) is 0 Å². The van der Waals surface area contributed by atoms with Gasteiger partial charge in [-0.1, -0.05) is 11.2 Å². The van der Waals surface area contributed by atoms with E-state index in [0.29, 0.717) is 22.5 Å². The Bertz CT molecular complexity index is 1170. The molecule has 2 aromatic carbocycles. The second-order valence-corrected chi connectivity index (χ2v) is 6.26. The van der Waals surface area contributed by atoms with Crippen LogP contribution in [0.3, 0.4) is 0 Å². The summed E-state index contributed by atoms with van der Waals surface area (Å²) in [5.74, 6) is -2.85. The number of aromatic nitrogens is 3. The summed E-state index contributed by atoms with van der Waals surface area (Å²) in [6.07, 6.45) is 2.25. The van der Waals surface area contributed by atoms with Crippen LogP contribution < -0.4 is 5.32 Å². The molecule has 1 N–H and O–H groups in total. The number of carbonyl (C=O) groups is 1. The molecule has 9 heteroatoms. The molecule has 0 unspecified atom stereocenters. The van der Waals surface area contributed by atoms with E-state index in [-0.39, 0.29) is 11.4 Å². The second-order valence-electron chi connectivity index (χ2n) is 6.26. The van der Waals surface area contributed by atoms with Gasteiger partial charge in [-0.25, -0.2) is 23.1 Å². The lowest BCUT2D eigenvalue weighted by Crippen LogP contribution is -2.16. The highest BCUT2D eigenvalue weighted by Gasteiger charge is 2.23. The van der Waals surface area contributed by atoms with Crippen LogP contribution in [-0.2, 0) is 11.2 Å². The van der Waals surface area contributed by atoms with E-state index in [2.05, 4.69) is 20.4 Å². The monoisotopic (exact) mass is 410 g/mol.